The first-order valence-corrected chi connectivity index (χ1v) is 10.0. The van der Waals surface area contributed by atoms with E-state index in [2.05, 4.69) is 15.6 Å². The largest absolute Gasteiger partial charge is 0.317 e. The number of hydrogen-bond donors (Lipinski definition) is 2. The van der Waals surface area contributed by atoms with E-state index in [1.165, 1.54) is 29.5 Å². The van der Waals surface area contributed by atoms with Gasteiger partial charge in [-0.2, -0.15) is 0 Å². The van der Waals surface area contributed by atoms with Crippen LogP contribution >= 0.6 is 11.3 Å². The highest BCUT2D eigenvalue weighted by molar-refractivity contribution is 7.15. The number of piperidine rings is 1. The van der Waals surface area contributed by atoms with E-state index in [0.717, 1.165) is 37.2 Å². The standard InChI is InChI=1S/C19H21FN4O2S/c20-15-4-3-13(24-9-1-2-17(24)25)10-14(15)18(26)23-19-22-11-16(27-19)12-5-7-21-8-6-12/h3-4,10-12,21H,1-2,5-9H2,(H,22,23,26). The van der Waals surface area contributed by atoms with Gasteiger partial charge in [-0.25, -0.2) is 9.37 Å². The molecule has 2 aliphatic heterocycles. The van der Waals surface area contributed by atoms with Crippen LogP contribution in [-0.4, -0.2) is 36.4 Å². The van der Waals surface area contributed by atoms with E-state index in [-0.39, 0.29) is 11.5 Å². The van der Waals surface area contributed by atoms with Gasteiger partial charge in [0.1, 0.15) is 5.82 Å². The molecule has 2 saturated heterocycles. The van der Waals surface area contributed by atoms with E-state index in [1.54, 1.807) is 11.1 Å². The molecule has 0 saturated carbocycles. The van der Waals surface area contributed by atoms with E-state index in [0.29, 0.717) is 29.7 Å². The highest BCUT2D eigenvalue weighted by atomic mass is 32.1. The summed E-state index contributed by atoms with van der Waals surface area (Å²) < 4.78 is 14.2. The molecule has 0 unspecified atom stereocenters. The van der Waals surface area contributed by atoms with Crippen molar-refractivity contribution in [2.75, 3.05) is 29.9 Å². The highest BCUT2D eigenvalue weighted by Gasteiger charge is 2.24. The third-order valence-electron chi connectivity index (χ3n) is 5.07. The van der Waals surface area contributed by atoms with Gasteiger partial charge in [-0.15, -0.1) is 11.3 Å². The number of thiazole rings is 1. The third-order valence-corrected chi connectivity index (χ3v) is 6.14. The zero-order valence-corrected chi connectivity index (χ0v) is 15.7. The SMILES string of the molecule is O=C(Nc1ncc(C2CCNCC2)s1)c1cc(N2CCCC2=O)ccc1F. The van der Waals surface area contributed by atoms with Gasteiger partial charge in [0, 0.05) is 29.7 Å². The lowest BCUT2D eigenvalue weighted by Gasteiger charge is -2.20. The Morgan fingerprint density at radius 1 is 1.33 bits per heavy atom. The molecule has 4 rings (SSSR count). The van der Waals surface area contributed by atoms with Crippen molar-refractivity contribution >= 4 is 34.0 Å². The summed E-state index contributed by atoms with van der Waals surface area (Å²) in [5.74, 6) is -0.708. The minimum absolute atomic E-state index is 0.000460. The van der Waals surface area contributed by atoms with E-state index >= 15 is 0 Å². The van der Waals surface area contributed by atoms with Crippen LogP contribution < -0.4 is 15.5 Å². The Bertz CT molecular complexity index is 863. The molecule has 1 aromatic carbocycles. The molecule has 3 heterocycles. The number of aromatic nitrogens is 1. The van der Waals surface area contributed by atoms with Gasteiger partial charge in [-0.3, -0.25) is 14.9 Å². The number of halogens is 1. The van der Waals surface area contributed by atoms with Gasteiger partial charge >= 0.3 is 0 Å². The molecule has 2 aliphatic rings. The normalized spacial score (nSPS) is 18.1. The fraction of sp³-hybridized carbons (Fsp3) is 0.421. The first-order chi connectivity index (χ1) is 13.1. The molecule has 0 aliphatic carbocycles. The molecule has 2 amide bonds. The molecule has 142 valence electrons. The Hall–Kier alpha value is -2.32. The van der Waals surface area contributed by atoms with Crippen LogP contribution in [0.4, 0.5) is 15.2 Å². The van der Waals surface area contributed by atoms with Crippen molar-refractivity contribution in [2.45, 2.75) is 31.6 Å². The minimum Gasteiger partial charge on any atom is -0.317 e. The molecule has 6 nitrogen and oxygen atoms in total. The summed E-state index contributed by atoms with van der Waals surface area (Å²) in [6.07, 6.45) is 5.16. The lowest BCUT2D eigenvalue weighted by Crippen LogP contribution is -2.26. The van der Waals surface area contributed by atoms with Gasteiger partial charge in [0.25, 0.3) is 5.91 Å². The van der Waals surface area contributed by atoms with Crippen LogP contribution in [-0.2, 0) is 4.79 Å². The second kappa shape index (κ2) is 7.74. The van der Waals surface area contributed by atoms with Gasteiger partial charge in [-0.05, 0) is 56.5 Å². The summed E-state index contributed by atoms with van der Waals surface area (Å²) >= 11 is 1.44. The van der Waals surface area contributed by atoms with Gasteiger partial charge < -0.3 is 10.2 Å². The quantitative estimate of drug-likeness (QED) is 0.844. The Morgan fingerprint density at radius 2 is 2.15 bits per heavy atom. The molecule has 2 N–H and O–H groups in total. The predicted octanol–water partition coefficient (Wildman–Crippen LogP) is 3.13. The van der Waals surface area contributed by atoms with Gasteiger partial charge in [0.15, 0.2) is 5.13 Å². The number of nitrogens with zero attached hydrogens (tertiary/aromatic N) is 2. The number of nitrogens with one attached hydrogen (secondary N) is 2. The number of anilines is 2. The molecule has 1 aromatic heterocycles. The first-order valence-electron chi connectivity index (χ1n) is 9.19. The molecule has 8 heteroatoms. The molecule has 2 fully saturated rings. The maximum Gasteiger partial charge on any atom is 0.260 e. The van der Waals surface area contributed by atoms with E-state index < -0.39 is 11.7 Å². The van der Waals surface area contributed by atoms with Crippen LogP contribution in [0.3, 0.4) is 0 Å². The van der Waals surface area contributed by atoms with Crippen molar-refractivity contribution in [3.05, 3.63) is 40.7 Å². The van der Waals surface area contributed by atoms with Crippen molar-refractivity contribution in [1.29, 1.82) is 0 Å². The molecule has 0 radical (unpaired) electrons. The lowest BCUT2D eigenvalue weighted by atomic mass is 9.97. The monoisotopic (exact) mass is 388 g/mol. The molecular weight excluding hydrogens is 367 g/mol. The summed E-state index contributed by atoms with van der Waals surface area (Å²) in [4.78, 5) is 31.5. The first kappa shape index (κ1) is 18.1. The predicted molar refractivity (Wildman–Crippen MR) is 103 cm³/mol. The number of carbonyl (C=O) groups is 2. The molecule has 2 aromatic rings. The molecular formula is C19H21FN4O2S. The average Bonchev–Trinajstić information content (AvgIpc) is 3.32. The average molecular weight is 388 g/mol. The zero-order valence-electron chi connectivity index (χ0n) is 14.8. The molecule has 27 heavy (non-hydrogen) atoms. The van der Waals surface area contributed by atoms with Crippen LogP contribution in [0.25, 0.3) is 0 Å². The van der Waals surface area contributed by atoms with Crippen LogP contribution in [0, 0.1) is 5.82 Å². The number of amides is 2. The number of carbonyl (C=O) groups excluding carboxylic acids is 2. The maximum atomic E-state index is 14.2. The molecule has 0 atom stereocenters. The van der Waals surface area contributed by atoms with Crippen LogP contribution in [0.1, 0.15) is 46.8 Å². The Balaban J connectivity index is 1.49. The fourth-order valence-corrected chi connectivity index (χ4v) is 4.56. The zero-order chi connectivity index (χ0) is 18.8. The summed E-state index contributed by atoms with van der Waals surface area (Å²) in [6.45, 7) is 2.56. The van der Waals surface area contributed by atoms with Gasteiger partial charge in [-0.1, -0.05) is 0 Å². The summed E-state index contributed by atoms with van der Waals surface area (Å²) in [5, 5.41) is 6.49. The van der Waals surface area contributed by atoms with E-state index in [4.69, 9.17) is 0 Å². The second-order valence-corrected chi connectivity index (χ2v) is 7.92. The van der Waals surface area contributed by atoms with Crippen molar-refractivity contribution in [3.63, 3.8) is 0 Å². The van der Waals surface area contributed by atoms with E-state index in [1.807, 2.05) is 0 Å². The van der Waals surface area contributed by atoms with Crippen molar-refractivity contribution in [1.82, 2.24) is 10.3 Å². The van der Waals surface area contributed by atoms with E-state index in [9.17, 15) is 14.0 Å². The fourth-order valence-electron chi connectivity index (χ4n) is 3.58. The van der Waals surface area contributed by atoms with Crippen molar-refractivity contribution in [2.24, 2.45) is 0 Å². The van der Waals surface area contributed by atoms with Gasteiger partial charge in [0.2, 0.25) is 5.91 Å². The maximum absolute atomic E-state index is 14.2. The number of benzene rings is 1. The second-order valence-electron chi connectivity index (χ2n) is 6.86. The number of hydrogen-bond acceptors (Lipinski definition) is 5. The third kappa shape index (κ3) is 3.86. The lowest BCUT2D eigenvalue weighted by molar-refractivity contribution is -0.117. The Morgan fingerprint density at radius 3 is 2.89 bits per heavy atom. The molecule has 0 spiro atoms. The van der Waals surface area contributed by atoms with Crippen LogP contribution in [0.2, 0.25) is 0 Å². The smallest absolute Gasteiger partial charge is 0.260 e. The summed E-state index contributed by atoms with van der Waals surface area (Å²) in [7, 11) is 0. The summed E-state index contributed by atoms with van der Waals surface area (Å²) in [6, 6.07) is 4.21. The van der Waals surface area contributed by atoms with Crippen LogP contribution in [0.5, 0.6) is 0 Å². The van der Waals surface area contributed by atoms with Crippen molar-refractivity contribution in [3.8, 4) is 0 Å². The Kier molecular flexibility index (Phi) is 5.18. The Labute approximate surface area is 160 Å². The topological polar surface area (TPSA) is 74.3 Å². The number of rotatable bonds is 4. The minimum atomic E-state index is -0.613. The van der Waals surface area contributed by atoms with Crippen molar-refractivity contribution < 1.29 is 14.0 Å². The summed E-state index contributed by atoms with van der Waals surface area (Å²) in [5.41, 5.74) is 0.476. The highest BCUT2D eigenvalue weighted by Crippen LogP contribution is 2.32. The molecule has 0 bridgehead atoms. The van der Waals surface area contributed by atoms with Gasteiger partial charge in [0.05, 0.1) is 5.56 Å². The van der Waals surface area contributed by atoms with Crippen LogP contribution in [0.15, 0.2) is 24.4 Å².